The second-order valence-electron chi connectivity index (χ2n) is 5.50. The maximum absolute atomic E-state index is 10.8. The summed E-state index contributed by atoms with van der Waals surface area (Å²) < 4.78 is 0. The molecule has 0 amide bonds. The van der Waals surface area contributed by atoms with Gasteiger partial charge in [0.2, 0.25) is 0 Å². The molecule has 2 aliphatic carbocycles. The number of anilines is 1. The van der Waals surface area contributed by atoms with Gasteiger partial charge in [0.05, 0.1) is 11.9 Å². The van der Waals surface area contributed by atoms with E-state index in [2.05, 4.69) is 9.88 Å². The number of aromatic carboxylic acids is 1. The Morgan fingerprint density at radius 3 is 2.22 bits per heavy atom. The Balaban J connectivity index is 1.72. The first-order valence-electron chi connectivity index (χ1n) is 6.66. The SMILES string of the molecule is O=C(O)c1ccc(N(CC2CC2)CC2CC2)cn1. The van der Waals surface area contributed by atoms with Gasteiger partial charge in [0.25, 0.3) is 0 Å². The molecule has 1 N–H and O–H groups in total. The molecule has 4 nitrogen and oxygen atoms in total. The molecule has 4 heteroatoms. The van der Waals surface area contributed by atoms with E-state index in [0.29, 0.717) is 0 Å². The molecule has 1 aromatic rings. The Labute approximate surface area is 107 Å². The summed E-state index contributed by atoms with van der Waals surface area (Å²) in [6, 6.07) is 3.49. The molecule has 0 aliphatic heterocycles. The van der Waals surface area contributed by atoms with E-state index < -0.39 is 5.97 Å². The Hall–Kier alpha value is -1.58. The zero-order valence-electron chi connectivity index (χ0n) is 10.4. The average Bonchev–Trinajstić information content (AvgIpc) is 3.23. The molecule has 1 aromatic heterocycles. The van der Waals surface area contributed by atoms with E-state index in [1.54, 1.807) is 12.3 Å². The summed E-state index contributed by atoms with van der Waals surface area (Å²) in [7, 11) is 0. The molecular weight excluding hydrogens is 228 g/mol. The van der Waals surface area contributed by atoms with Crippen LogP contribution in [0.4, 0.5) is 5.69 Å². The van der Waals surface area contributed by atoms with Crippen LogP contribution in [-0.4, -0.2) is 29.1 Å². The van der Waals surface area contributed by atoms with Crippen LogP contribution in [0.5, 0.6) is 0 Å². The van der Waals surface area contributed by atoms with Gasteiger partial charge < -0.3 is 10.0 Å². The molecule has 1 heterocycles. The van der Waals surface area contributed by atoms with E-state index >= 15 is 0 Å². The van der Waals surface area contributed by atoms with Crippen LogP contribution in [0, 0.1) is 11.8 Å². The van der Waals surface area contributed by atoms with Crippen LogP contribution in [0.25, 0.3) is 0 Å². The second-order valence-corrected chi connectivity index (χ2v) is 5.50. The Bertz CT molecular complexity index is 422. The van der Waals surface area contributed by atoms with Crippen LogP contribution in [-0.2, 0) is 0 Å². The minimum Gasteiger partial charge on any atom is -0.477 e. The third-order valence-corrected chi connectivity index (χ3v) is 3.68. The molecule has 96 valence electrons. The molecule has 0 spiro atoms. The van der Waals surface area contributed by atoms with Crippen molar-refractivity contribution in [2.45, 2.75) is 25.7 Å². The summed E-state index contributed by atoms with van der Waals surface area (Å²) in [5.41, 5.74) is 1.19. The lowest BCUT2D eigenvalue weighted by atomic mass is 10.2. The van der Waals surface area contributed by atoms with Crippen LogP contribution < -0.4 is 4.90 Å². The Morgan fingerprint density at radius 2 is 1.83 bits per heavy atom. The van der Waals surface area contributed by atoms with E-state index in [0.717, 1.165) is 30.6 Å². The van der Waals surface area contributed by atoms with E-state index in [4.69, 9.17) is 5.11 Å². The highest BCUT2D eigenvalue weighted by Crippen LogP contribution is 2.35. The van der Waals surface area contributed by atoms with Crippen molar-refractivity contribution < 1.29 is 9.90 Å². The van der Waals surface area contributed by atoms with Gasteiger partial charge in [0, 0.05) is 13.1 Å². The molecule has 2 aliphatic rings. The van der Waals surface area contributed by atoms with Crippen molar-refractivity contribution in [1.29, 1.82) is 0 Å². The summed E-state index contributed by atoms with van der Waals surface area (Å²) >= 11 is 0. The fourth-order valence-corrected chi connectivity index (χ4v) is 2.21. The maximum Gasteiger partial charge on any atom is 0.354 e. The molecule has 3 rings (SSSR count). The number of rotatable bonds is 6. The lowest BCUT2D eigenvalue weighted by Gasteiger charge is -2.24. The van der Waals surface area contributed by atoms with Gasteiger partial charge in [0.15, 0.2) is 0 Å². The number of hydrogen-bond acceptors (Lipinski definition) is 3. The van der Waals surface area contributed by atoms with E-state index in [-0.39, 0.29) is 5.69 Å². The van der Waals surface area contributed by atoms with Crippen LogP contribution in [0.3, 0.4) is 0 Å². The van der Waals surface area contributed by atoms with Crippen molar-refractivity contribution in [2.75, 3.05) is 18.0 Å². The van der Waals surface area contributed by atoms with Gasteiger partial charge in [-0.25, -0.2) is 9.78 Å². The number of aromatic nitrogens is 1. The number of hydrogen-bond donors (Lipinski definition) is 1. The minimum atomic E-state index is -0.961. The van der Waals surface area contributed by atoms with Gasteiger partial charge in [-0.1, -0.05) is 0 Å². The Kier molecular flexibility index (Phi) is 2.94. The fraction of sp³-hybridized carbons (Fsp3) is 0.571. The van der Waals surface area contributed by atoms with Crippen LogP contribution >= 0.6 is 0 Å². The number of carboxylic acids is 1. The average molecular weight is 246 g/mol. The topological polar surface area (TPSA) is 53.4 Å². The number of carboxylic acid groups (broad SMARTS) is 1. The van der Waals surface area contributed by atoms with Gasteiger partial charge in [-0.15, -0.1) is 0 Å². The molecule has 0 radical (unpaired) electrons. The first-order chi connectivity index (χ1) is 8.72. The number of nitrogens with zero attached hydrogens (tertiary/aromatic N) is 2. The van der Waals surface area contributed by atoms with E-state index in [9.17, 15) is 4.79 Å². The summed E-state index contributed by atoms with van der Waals surface area (Å²) in [5, 5.41) is 8.85. The lowest BCUT2D eigenvalue weighted by Crippen LogP contribution is -2.28. The normalized spacial score (nSPS) is 18.7. The first-order valence-corrected chi connectivity index (χ1v) is 6.66. The standard InChI is InChI=1S/C14H18N2O2/c17-14(18)13-6-5-12(7-15-13)16(8-10-1-2-10)9-11-3-4-11/h5-7,10-11H,1-4,8-9H2,(H,17,18). The predicted octanol–water partition coefficient (Wildman–Crippen LogP) is 2.41. The van der Waals surface area contributed by atoms with Gasteiger partial charge in [-0.3, -0.25) is 0 Å². The van der Waals surface area contributed by atoms with Crippen LogP contribution in [0.1, 0.15) is 36.2 Å². The number of pyridine rings is 1. The Morgan fingerprint density at radius 1 is 1.22 bits per heavy atom. The van der Waals surface area contributed by atoms with Crippen molar-refractivity contribution in [1.82, 2.24) is 4.98 Å². The quantitative estimate of drug-likeness (QED) is 0.837. The molecular formula is C14H18N2O2. The minimum absolute atomic E-state index is 0.122. The fourth-order valence-electron chi connectivity index (χ4n) is 2.21. The maximum atomic E-state index is 10.8. The summed E-state index contributed by atoms with van der Waals surface area (Å²) in [6.45, 7) is 2.20. The highest BCUT2D eigenvalue weighted by Gasteiger charge is 2.29. The zero-order chi connectivity index (χ0) is 12.5. The molecule has 18 heavy (non-hydrogen) atoms. The van der Waals surface area contributed by atoms with E-state index in [1.807, 2.05) is 6.07 Å². The van der Waals surface area contributed by atoms with Crippen LogP contribution in [0.2, 0.25) is 0 Å². The second kappa shape index (κ2) is 4.59. The molecule has 0 saturated heterocycles. The summed E-state index contributed by atoms with van der Waals surface area (Å²) in [5.74, 6) is 0.711. The van der Waals surface area contributed by atoms with Crippen molar-refractivity contribution in [3.05, 3.63) is 24.0 Å². The van der Waals surface area contributed by atoms with E-state index in [1.165, 1.54) is 25.7 Å². The van der Waals surface area contributed by atoms with Gasteiger partial charge in [0.1, 0.15) is 5.69 Å². The van der Waals surface area contributed by atoms with Crippen molar-refractivity contribution in [3.8, 4) is 0 Å². The predicted molar refractivity (Wildman–Crippen MR) is 68.9 cm³/mol. The van der Waals surface area contributed by atoms with Crippen molar-refractivity contribution in [3.63, 3.8) is 0 Å². The summed E-state index contributed by atoms with van der Waals surface area (Å²) in [6.07, 6.45) is 7.04. The van der Waals surface area contributed by atoms with Gasteiger partial charge >= 0.3 is 5.97 Å². The van der Waals surface area contributed by atoms with Gasteiger partial charge in [-0.2, -0.15) is 0 Å². The molecule has 2 saturated carbocycles. The van der Waals surface area contributed by atoms with Crippen LogP contribution in [0.15, 0.2) is 18.3 Å². The largest absolute Gasteiger partial charge is 0.477 e. The molecule has 0 atom stereocenters. The monoisotopic (exact) mass is 246 g/mol. The number of carbonyl (C=O) groups is 1. The zero-order valence-corrected chi connectivity index (χ0v) is 10.4. The lowest BCUT2D eigenvalue weighted by molar-refractivity contribution is 0.0690. The highest BCUT2D eigenvalue weighted by molar-refractivity contribution is 5.85. The molecule has 0 aromatic carbocycles. The van der Waals surface area contributed by atoms with Gasteiger partial charge in [-0.05, 0) is 49.7 Å². The first kappa shape index (κ1) is 11.5. The molecule has 0 unspecified atom stereocenters. The highest BCUT2D eigenvalue weighted by atomic mass is 16.4. The smallest absolute Gasteiger partial charge is 0.354 e. The van der Waals surface area contributed by atoms with Crippen molar-refractivity contribution >= 4 is 11.7 Å². The summed E-state index contributed by atoms with van der Waals surface area (Å²) in [4.78, 5) is 17.2. The molecule has 0 bridgehead atoms. The van der Waals surface area contributed by atoms with Crippen molar-refractivity contribution in [2.24, 2.45) is 11.8 Å². The third-order valence-electron chi connectivity index (χ3n) is 3.68. The molecule has 2 fully saturated rings. The third kappa shape index (κ3) is 2.81.